The van der Waals surface area contributed by atoms with Crippen LogP contribution in [-0.2, 0) is 0 Å². The molecule has 0 radical (unpaired) electrons. The lowest BCUT2D eigenvalue weighted by Crippen LogP contribution is -2.25. The van der Waals surface area contributed by atoms with E-state index in [-0.39, 0.29) is 5.91 Å². The number of nitrogens with zero attached hydrogens (tertiary/aromatic N) is 2. The van der Waals surface area contributed by atoms with E-state index in [4.69, 9.17) is 4.74 Å². The zero-order chi connectivity index (χ0) is 19.9. The molecule has 0 spiro atoms. The van der Waals surface area contributed by atoms with Gasteiger partial charge in [0.15, 0.2) is 0 Å². The summed E-state index contributed by atoms with van der Waals surface area (Å²) >= 11 is 0. The van der Waals surface area contributed by atoms with Crippen LogP contribution in [0.3, 0.4) is 0 Å². The van der Waals surface area contributed by atoms with Gasteiger partial charge in [0.05, 0.1) is 29.2 Å². The number of aryl methyl sites for hydroxylation is 2. The summed E-state index contributed by atoms with van der Waals surface area (Å²) in [5, 5.41) is 7.54. The van der Waals surface area contributed by atoms with Crippen LogP contribution in [0.4, 0.5) is 0 Å². The third-order valence-electron chi connectivity index (χ3n) is 4.67. The Kier molecular flexibility index (Phi) is 6.48. The summed E-state index contributed by atoms with van der Waals surface area (Å²) in [5.41, 5.74) is 4.41. The van der Waals surface area contributed by atoms with Crippen LogP contribution in [0.2, 0.25) is 0 Å². The molecule has 0 aliphatic rings. The Hall–Kier alpha value is -3.08. The largest absolute Gasteiger partial charge is 0.494 e. The number of benzene rings is 2. The number of ether oxygens (including phenoxy) is 1. The van der Waals surface area contributed by atoms with Crippen molar-refractivity contribution in [1.29, 1.82) is 0 Å². The molecule has 0 atom stereocenters. The maximum atomic E-state index is 12.6. The molecule has 0 unspecified atom stereocenters. The molecule has 146 valence electrons. The lowest BCUT2D eigenvalue weighted by atomic mass is 10.1. The first-order chi connectivity index (χ1) is 13.6. The average Bonchev–Trinajstić information content (AvgIpc) is 3.00. The Balaban J connectivity index is 1.47. The molecule has 1 aromatic heterocycles. The molecule has 0 saturated carbocycles. The third kappa shape index (κ3) is 4.80. The molecule has 1 N–H and O–H groups in total. The fourth-order valence-electron chi connectivity index (χ4n) is 3.13. The Bertz CT molecular complexity index is 915. The maximum Gasteiger partial charge on any atom is 0.255 e. The molecule has 0 fully saturated rings. The van der Waals surface area contributed by atoms with Gasteiger partial charge in [-0.2, -0.15) is 5.10 Å². The predicted molar refractivity (Wildman–Crippen MR) is 111 cm³/mol. The Morgan fingerprint density at radius 1 is 1.00 bits per heavy atom. The number of carbonyl (C=O) groups excluding carboxylic acids is 1. The molecule has 1 amide bonds. The topological polar surface area (TPSA) is 56.1 Å². The van der Waals surface area contributed by atoms with Gasteiger partial charge in [0.2, 0.25) is 0 Å². The first kappa shape index (κ1) is 19.7. The predicted octanol–water partition coefficient (Wildman–Crippen LogP) is 4.39. The highest BCUT2D eigenvalue weighted by atomic mass is 16.5. The van der Waals surface area contributed by atoms with Crippen LogP contribution in [0.25, 0.3) is 5.69 Å². The lowest BCUT2D eigenvalue weighted by Gasteiger charge is -2.08. The van der Waals surface area contributed by atoms with E-state index in [0.717, 1.165) is 35.7 Å². The second kappa shape index (κ2) is 9.22. The Labute approximate surface area is 166 Å². The lowest BCUT2D eigenvalue weighted by molar-refractivity contribution is 0.0951. The van der Waals surface area contributed by atoms with Crippen LogP contribution in [0.1, 0.15) is 40.2 Å². The fourth-order valence-corrected chi connectivity index (χ4v) is 3.13. The van der Waals surface area contributed by atoms with E-state index >= 15 is 0 Å². The number of hydrogen-bond donors (Lipinski definition) is 1. The highest BCUT2D eigenvalue weighted by molar-refractivity contribution is 5.96. The number of aromatic nitrogens is 2. The van der Waals surface area contributed by atoms with E-state index in [1.54, 1.807) is 0 Å². The summed E-state index contributed by atoms with van der Waals surface area (Å²) in [7, 11) is 0. The van der Waals surface area contributed by atoms with Crippen molar-refractivity contribution < 1.29 is 9.53 Å². The van der Waals surface area contributed by atoms with Crippen molar-refractivity contribution in [3.63, 3.8) is 0 Å². The van der Waals surface area contributed by atoms with Gasteiger partial charge in [-0.1, -0.05) is 35.9 Å². The summed E-state index contributed by atoms with van der Waals surface area (Å²) in [6.07, 6.45) is 1.75. The van der Waals surface area contributed by atoms with Crippen molar-refractivity contribution in [2.45, 2.75) is 33.6 Å². The van der Waals surface area contributed by atoms with Crippen molar-refractivity contribution in [1.82, 2.24) is 15.1 Å². The van der Waals surface area contributed by atoms with Gasteiger partial charge in [-0.3, -0.25) is 4.79 Å². The standard InChI is InChI=1S/C23H27N3O2/c1-17-11-13-21(14-12-17)28-16-8-7-15-24-23(27)22-18(2)25-26(19(22)3)20-9-5-4-6-10-20/h4-6,9-14H,7-8,15-16H2,1-3H3,(H,24,27). The van der Waals surface area contributed by atoms with Crippen molar-refractivity contribution >= 4 is 5.91 Å². The van der Waals surface area contributed by atoms with Crippen molar-refractivity contribution in [2.75, 3.05) is 13.2 Å². The summed E-state index contributed by atoms with van der Waals surface area (Å²) in [5.74, 6) is 0.811. The molecule has 0 aliphatic heterocycles. The van der Waals surface area contributed by atoms with Crippen LogP contribution in [0.5, 0.6) is 5.75 Å². The SMILES string of the molecule is Cc1ccc(OCCCCNC(=O)c2c(C)nn(-c3ccccc3)c2C)cc1. The molecule has 0 saturated heterocycles. The minimum Gasteiger partial charge on any atom is -0.494 e. The molecule has 2 aromatic carbocycles. The van der Waals surface area contributed by atoms with E-state index in [1.807, 2.05) is 73.1 Å². The summed E-state index contributed by atoms with van der Waals surface area (Å²) in [4.78, 5) is 12.6. The number of rotatable bonds is 8. The van der Waals surface area contributed by atoms with E-state index in [0.29, 0.717) is 18.7 Å². The van der Waals surface area contributed by atoms with Crippen molar-refractivity contribution in [2.24, 2.45) is 0 Å². The Morgan fingerprint density at radius 3 is 2.43 bits per heavy atom. The van der Waals surface area contributed by atoms with Gasteiger partial charge in [-0.15, -0.1) is 0 Å². The van der Waals surface area contributed by atoms with Crippen LogP contribution in [0, 0.1) is 20.8 Å². The van der Waals surface area contributed by atoms with Gasteiger partial charge < -0.3 is 10.1 Å². The molecule has 5 nitrogen and oxygen atoms in total. The molecule has 5 heteroatoms. The van der Waals surface area contributed by atoms with Crippen LogP contribution < -0.4 is 10.1 Å². The minimum absolute atomic E-state index is 0.0726. The number of carbonyl (C=O) groups is 1. The third-order valence-corrected chi connectivity index (χ3v) is 4.67. The quantitative estimate of drug-likeness (QED) is 0.593. The smallest absolute Gasteiger partial charge is 0.255 e. The van der Waals surface area contributed by atoms with E-state index in [1.165, 1.54) is 5.56 Å². The molecule has 0 aliphatic carbocycles. The molecule has 3 aromatic rings. The first-order valence-corrected chi connectivity index (χ1v) is 9.65. The summed E-state index contributed by atoms with van der Waals surface area (Å²) in [6, 6.07) is 17.9. The summed E-state index contributed by atoms with van der Waals surface area (Å²) in [6.45, 7) is 7.11. The number of para-hydroxylation sites is 1. The number of hydrogen-bond acceptors (Lipinski definition) is 3. The highest BCUT2D eigenvalue weighted by Gasteiger charge is 2.18. The monoisotopic (exact) mass is 377 g/mol. The molecular weight excluding hydrogens is 350 g/mol. The second-order valence-electron chi connectivity index (χ2n) is 6.92. The minimum atomic E-state index is -0.0726. The molecular formula is C23H27N3O2. The van der Waals surface area contributed by atoms with Gasteiger partial charge in [0, 0.05) is 6.54 Å². The highest BCUT2D eigenvalue weighted by Crippen LogP contribution is 2.17. The zero-order valence-electron chi connectivity index (χ0n) is 16.7. The Morgan fingerprint density at radius 2 is 1.71 bits per heavy atom. The van der Waals surface area contributed by atoms with E-state index in [9.17, 15) is 4.79 Å². The molecule has 0 bridgehead atoms. The molecule has 28 heavy (non-hydrogen) atoms. The summed E-state index contributed by atoms with van der Waals surface area (Å²) < 4.78 is 7.54. The number of unbranched alkanes of at least 4 members (excludes halogenated alkanes) is 1. The van der Waals surface area contributed by atoms with Crippen molar-refractivity contribution in [3.05, 3.63) is 77.1 Å². The van der Waals surface area contributed by atoms with Gasteiger partial charge in [0.1, 0.15) is 5.75 Å². The van der Waals surface area contributed by atoms with Gasteiger partial charge in [-0.05, 0) is 57.9 Å². The molecule has 3 rings (SSSR count). The van der Waals surface area contributed by atoms with Gasteiger partial charge >= 0.3 is 0 Å². The fraction of sp³-hybridized carbons (Fsp3) is 0.304. The zero-order valence-corrected chi connectivity index (χ0v) is 16.7. The first-order valence-electron chi connectivity index (χ1n) is 9.65. The average molecular weight is 377 g/mol. The number of nitrogens with one attached hydrogen (secondary N) is 1. The van der Waals surface area contributed by atoms with Gasteiger partial charge in [-0.25, -0.2) is 4.68 Å². The van der Waals surface area contributed by atoms with Crippen LogP contribution >= 0.6 is 0 Å². The van der Waals surface area contributed by atoms with E-state index in [2.05, 4.69) is 17.3 Å². The number of amides is 1. The van der Waals surface area contributed by atoms with E-state index < -0.39 is 0 Å². The van der Waals surface area contributed by atoms with Gasteiger partial charge in [0.25, 0.3) is 5.91 Å². The van der Waals surface area contributed by atoms with Crippen LogP contribution in [0.15, 0.2) is 54.6 Å². The second-order valence-corrected chi connectivity index (χ2v) is 6.92. The maximum absolute atomic E-state index is 12.6. The van der Waals surface area contributed by atoms with Crippen molar-refractivity contribution in [3.8, 4) is 11.4 Å². The normalized spacial score (nSPS) is 10.7. The van der Waals surface area contributed by atoms with Crippen LogP contribution in [-0.4, -0.2) is 28.8 Å². The molecule has 1 heterocycles.